The number of hydrogen-bond acceptors (Lipinski definition) is 4. The highest BCUT2D eigenvalue weighted by atomic mass is 19.4. The summed E-state index contributed by atoms with van der Waals surface area (Å²) in [6.45, 7) is -1.14. The monoisotopic (exact) mass is 546 g/mol. The average Bonchev–Trinajstić information content (AvgIpc) is 3.57. The number of nitrogens with zero attached hydrogens (tertiary/aromatic N) is 2. The number of alkyl halides is 6. The summed E-state index contributed by atoms with van der Waals surface area (Å²) < 4.78 is 81.3. The zero-order chi connectivity index (χ0) is 27.5. The topological polar surface area (TPSA) is 85.2 Å². The van der Waals surface area contributed by atoms with Gasteiger partial charge in [-0.1, -0.05) is 25.0 Å². The first-order valence-electron chi connectivity index (χ1n) is 12.4. The van der Waals surface area contributed by atoms with Crippen LogP contribution in [0, 0.1) is 5.92 Å². The Balaban J connectivity index is 1.41. The largest absolute Gasteiger partial charge is 0.484 e. The number of amides is 2. The second-order valence-corrected chi connectivity index (χ2v) is 9.76. The van der Waals surface area contributed by atoms with Gasteiger partial charge in [0.15, 0.2) is 6.61 Å². The van der Waals surface area contributed by atoms with E-state index in [4.69, 9.17) is 4.74 Å². The molecule has 7 nitrogen and oxygen atoms in total. The van der Waals surface area contributed by atoms with E-state index in [2.05, 4.69) is 15.7 Å². The third-order valence-corrected chi connectivity index (χ3v) is 6.47. The van der Waals surface area contributed by atoms with Crippen molar-refractivity contribution in [2.45, 2.75) is 76.4 Å². The summed E-state index contributed by atoms with van der Waals surface area (Å²) in [5, 5.41) is 9.73. The van der Waals surface area contributed by atoms with Crippen LogP contribution in [0.5, 0.6) is 5.75 Å². The Bertz CT molecular complexity index is 1160. The van der Waals surface area contributed by atoms with Gasteiger partial charge in [0.25, 0.3) is 5.91 Å². The Morgan fingerprint density at radius 3 is 2.58 bits per heavy atom. The fraction of sp³-hybridized carbons (Fsp3) is 0.560. The van der Waals surface area contributed by atoms with E-state index in [9.17, 15) is 35.9 Å². The van der Waals surface area contributed by atoms with Crippen LogP contribution in [-0.2, 0) is 30.7 Å². The van der Waals surface area contributed by atoms with Crippen LogP contribution >= 0.6 is 0 Å². The molecule has 1 aliphatic heterocycles. The smallest absolute Gasteiger partial charge is 0.422 e. The van der Waals surface area contributed by atoms with E-state index in [-0.39, 0.29) is 23.9 Å². The van der Waals surface area contributed by atoms with Crippen LogP contribution in [0.4, 0.5) is 26.3 Å². The van der Waals surface area contributed by atoms with Gasteiger partial charge in [0.1, 0.15) is 12.2 Å². The number of aromatic nitrogens is 2. The van der Waals surface area contributed by atoms with Crippen molar-refractivity contribution in [1.82, 2.24) is 20.4 Å². The van der Waals surface area contributed by atoms with Gasteiger partial charge in [0.2, 0.25) is 5.91 Å². The molecule has 1 aromatic carbocycles. The Hall–Kier alpha value is -3.25. The zero-order valence-corrected chi connectivity index (χ0v) is 20.4. The highest BCUT2D eigenvalue weighted by Gasteiger charge is 2.34. The molecule has 1 atom stereocenters. The number of halogens is 6. The van der Waals surface area contributed by atoms with Gasteiger partial charge in [-0.15, -0.1) is 0 Å². The van der Waals surface area contributed by atoms with E-state index in [1.54, 1.807) is 16.8 Å². The van der Waals surface area contributed by atoms with Crippen LogP contribution in [0.15, 0.2) is 24.3 Å². The van der Waals surface area contributed by atoms with E-state index < -0.39 is 37.2 Å². The molecule has 0 radical (unpaired) electrons. The van der Waals surface area contributed by atoms with Crippen LogP contribution in [0.25, 0.3) is 0 Å². The van der Waals surface area contributed by atoms with Gasteiger partial charge in [-0.2, -0.15) is 31.4 Å². The SMILES string of the molecule is O=C(CC(F)(F)F)NCc1c2c(nn1CCC1CC1)C[C@H](CCc1cccc(OCC(F)(F)F)c1)NC2=O. The number of nitrogens with one attached hydrogen (secondary N) is 2. The molecule has 0 spiro atoms. The summed E-state index contributed by atoms with van der Waals surface area (Å²) in [6, 6.07) is 6.02. The Morgan fingerprint density at radius 1 is 1.13 bits per heavy atom. The highest BCUT2D eigenvalue weighted by Crippen LogP contribution is 2.33. The van der Waals surface area contributed by atoms with Crippen molar-refractivity contribution >= 4 is 11.8 Å². The van der Waals surface area contributed by atoms with Crippen molar-refractivity contribution in [3.63, 3.8) is 0 Å². The van der Waals surface area contributed by atoms with Gasteiger partial charge in [0.05, 0.1) is 23.5 Å². The third-order valence-electron chi connectivity index (χ3n) is 6.47. The molecule has 1 aliphatic carbocycles. The van der Waals surface area contributed by atoms with Crippen LogP contribution < -0.4 is 15.4 Å². The summed E-state index contributed by atoms with van der Waals surface area (Å²) in [6.07, 6.45) is -6.33. The summed E-state index contributed by atoms with van der Waals surface area (Å²) in [4.78, 5) is 24.8. The predicted molar refractivity (Wildman–Crippen MR) is 123 cm³/mol. The molecule has 2 heterocycles. The summed E-state index contributed by atoms with van der Waals surface area (Å²) in [5.74, 6) is -0.948. The highest BCUT2D eigenvalue weighted by molar-refractivity contribution is 5.98. The van der Waals surface area contributed by atoms with Gasteiger partial charge in [0, 0.05) is 19.0 Å². The lowest BCUT2D eigenvalue weighted by atomic mass is 9.95. The molecule has 1 aromatic heterocycles. The third kappa shape index (κ3) is 8.12. The number of carbonyl (C=O) groups excluding carboxylic acids is 2. The number of rotatable bonds is 11. The van der Waals surface area contributed by atoms with Crippen molar-refractivity contribution in [1.29, 1.82) is 0 Å². The molecule has 2 amide bonds. The van der Waals surface area contributed by atoms with Gasteiger partial charge in [-0.25, -0.2) is 0 Å². The molecule has 208 valence electrons. The van der Waals surface area contributed by atoms with Gasteiger partial charge < -0.3 is 15.4 Å². The maximum absolute atomic E-state index is 13.0. The molecular formula is C25H28F6N4O3. The maximum Gasteiger partial charge on any atom is 0.422 e. The number of fused-ring (bicyclic) bond motifs is 1. The van der Waals surface area contributed by atoms with E-state index in [0.717, 1.165) is 24.8 Å². The van der Waals surface area contributed by atoms with E-state index in [1.807, 2.05) is 0 Å². The summed E-state index contributed by atoms with van der Waals surface area (Å²) >= 11 is 0. The molecule has 1 fully saturated rings. The Labute approximate surface area is 214 Å². The lowest BCUT2D eigenvalue weighted by molar-refractivity contribution is -0.154. The number of ether oxygens (including phenoxy) is 1. The average molecular weight is 547 g/mol. The number of benzene rings is 1. The molecule has 2 aliphatic rings. The van der Waals surface area contributed by atoms with Gasteiger partial charge >= 0.3 is 12.4 Å². The molecule has 0 unspecified atom stereocenters. The molecule has 4 rings (SSSR count). The first kappa shape index (κ1) is 27.8. The molecule has 1 saturated carbocycles. The van der Waals surface area contributed by atoms with E-state index >= 15 is 0 Å². The number of hydrogen-bond donors (Lipinski definition) is 2. The molecule has 0 saturated heterocycles. The minimum Gasteiger partial charge on any atom is -0.484 e. The number of aryl methyl sites for hydroxylation is 2. The quantitative estimate of drug-likeness (QED) is 0.407. The first-order chi connectivity index (χ1) is 17.9. The first-order valence-corrected chi connectivity index (χ1v) is 12.4. The van der Waals surface area contributed by atoms with Crippen molar-refractivity contribution in [3.8, 4) is 5.75 Å². The van der Waals surface area contributed by atoms with Crippen LogP contribution in [0.1, 0.15) is 59.4 Å². The Morgan fingerprint density at radius 2 is 1.89 bits per heavy atom. The zero-order valence-electron chi connectivity index (χ0n) is 20.4. The van der Waals surface area contributed by atoms with Crippen LogP contribution in [-0.4, -0.2) is 46.6 Å². The minimum absolute atomic E-state index is 0.0985. The maximum atomic E-state index is 13.0. The number of carbonyl (C=O) groups is 2. The van der Waals surface area contributed by atoms with Crippen molar-refractivity contribution in [2.75, 3.05) is 6.61 Å². The second kappa shape index (κ2) is 11.2. The van der Waals surface area contributed by atoms with Gasteiger partial charge in [-0.3, -0.25) is 14.3 Å². The fourth-order valence-corrected chi connectivity index (χ4v) is 4.47. The fourth-order valence-electron chi connectivity index (χ4n) is 4.47. The molecule has 38 heavy (non-hydrogen) atoms. The minimum atomic E-state index is -4.63. The van der Waals surface area contributed by atoms with E-state index in [0.29, 0.717) is 43.1 Å². The summed E-state index contributed by atoms with van der Waals surface area (Å²) in [7, 11) is 0. The molecule has 13 heteroatoms. The standard InChI is InChI=1S/C25H28F6N4O3/c26-24(27,28)12-21(36)32-13-20-22-19(34-35(20)9-8-15-4-5-15)11-17(33-23(22)37)7-6-16-2-1-3-18(10-16)38-14-25(29,30)31/h1-3,10,15,17H,4-9,11-14H2,(H,32,36)(H,33,37)/t17-/m0/s1. The molecular weight excluding hydrogens is 518 g/mol. The van der Waals surface area contributed by atoms with Crippen LogP contribution in [0.2, 0.25) is 0 Å². The predicted octanol–water partition coefficient (Wildman–Crippen LogP) is 4.48. The lowest BCUT2D eigenvalue weighted by Gasteiger charge is -2.23. The molecule has 0 bridgehead atoms. The lowest BCUT2D eigenvalue weighted by Crippen LogP contribution is -2.42. The summed E-state index contributed by atoms with van der Waals surface area (Å²) in [5.41, 5.74) is 1.90. The van der Waals surface area contributed by atoms with Crippen molar-refractivity contribution in [3.05, 3.63) is 46.8 Å². The molecule has 2 aromatic rings. The van der Waals surface area contributed by atoms with Crippen LogP contribution in [0.3, 0.4) is 0 Å². The van der Waals surface area contributed by atoms with Crippen molar-refractivity contribution in [2.24, 2.45) is 5.92 Å². The normalized spacial score (nSPS) is 17.6. The Kier molecular flexibility index (Phi) is 8.22. The van der Waals surface area contributed by atoms with E-state index in [1.165, 1.54) is 12.1 Å². The van der Waals surface area contributed by atoms with Gasteiger partial charge in [-0.05, 0) is 42.9 Å². The molecule has 2 N–H and O–H groups in total. The second-order valence-electron chi connectivity index (χ2n) is 9.76. The van der Waals surface area contributed by atoms with Crippen molar-refractivity contribution < 1.29 is 40.7 Å².